The maximum Gasteiger partial charge on any atom is 0.339 e. The van der Waals surface area contributed by atoms with E-state index in [1.54, 1.807) is 24.4 Å². The molecule has 1 aromatic carbocycles. The zero-order valence-electron chi connectivity index (χ0n) is 43.0. The van der Waals surface area contributed by atoms with Crippen LogP contribution in [0.1, 0.15) is 108 Å². The zero-order chi connectivity index (χ0) is 56.5. The molecular formula is C50H69Cl2N7O17S. The average molecular weight is 1140 g/mol. The van der Waals surface area contributed by atoms with Crippen molar-refractivity contribution in [1.82, 2.24) is 26.3 Å². The fraction of sp³-hybridized carbons (Fsp3) is 0.580. The van der Waals surface area contributed by atoms with Crippen molar-refractivity contribution in [3.8, 4) is 0 Å². The summed E-state index contributed by atoms with van der Waals surface area (Å²) < 4.78 is 15.2. The fourth-order valence-electron chi connectivity index (χ4n) is 10.7. The number of nitrogens with zero attached hydrogens (tertiary/aromatic N) is 2. The van der Waals surface area contributed by atoms with Crippen LogP contribution >= 0.6 is 36.7 Å². The number of benzene rings is 1. The number of non-ortho nitro benzene ring substituents is 1. The number of alkyl halides is 2. The highest BCUT2D eigenvalue weighted by atomic mass is 35.5. The van der Waals surface area contributed by atoms with Gasteiger partial charge in [0.05, 0.1) is 35.8 Å². The Bertz CT molecular complexity index is 2440. The third-order valence-corrected chi connectivity index (χ3v) is 14.9. The number of halogens is 2. The van der Waals surface area contributed by atoms with Gasteiger partial charge in [-0.25, -0.2) is 14.4 Å². The quantitative estimate of drug-likeness (QED) is 0.0274. The Hall–Kier alpha value is -5.80. The first kappa shape index (κ1) is 65.5. The topological polar surface area (TPSA) is 375 Å². The minimum Gasteiger partial charge on any atom is -0.460 e. The number of unbranched alkanes of at least 4 members (excludes halogenated alkanes) is 1. The summed E-state index contributed by atoms with van der Waals surface area (Å²) in [6, 6.07) is 5.92. The zero-order valence-corrected chi connectivity index (χ0v) is 45.6. The van der Waals surface area contributed by atoms with Gasteiger partial charge in [0.15, 0.2) is 23.4 Å². The van der Waals surface area contributed by atoms with Crippen LogP contribution in [0.3, 0.4) is 0 Å². The third-order valence-electron chi connectivity index (χ3n) is 14.5. The summed E-state index contributed by atoms with van der Waals surface area (Å²) >= 11 is 10.7. The van der Waals surface area contributed by atoms with E-state index < -0.39 is 94.0 Å². The maximum atomic E-state index is 12.9. The van der Waals surface area contributed by atoms with Crippen molar-refractivity contribution in [1.29, 1.82) is 0 Å². The summed E-state index contributed by atoms with van der Waals surface area (Å²) in [6.07, 6.45) is 8.49. The Morgan fingerprint density at radius 1 is 1.01 bits per heavy atom. The van der Waals surface area contributed by atoms with Gasteiger partial charge in [0.2, 0.25) is 5.78 Å². The van der Waals surface area contributed by atoms with Crippen LogP contribution in [0.15, 0.2) is 60.4 Å². The molecule has 7 rings (SSSR count). The van der Waals surface area contributed by atoms with Crippen LogP contribution in [-0.2, 0) is 38.2 Å². The van der Waals surface area contributed by atoms with E-state index in [0.29, 0.717) is 37.0 Å². The number of hydrogen-bond donors (Lipinski definition) is 9. The molecule has 0 spiro atoms. The molecule has 10 atom stereocenters. The van der Waals surface area contributed by atoms with Crippen LogP contribution in [0.2, 0.25) is 0 Å². The van der Waals surface area contributed by atoms with Crippen LogP contribution in [-0.4, -0.2) is 139 Å². The molecule has 4 fully saturated rings. The van der Waals surface area contributed by atoms with E-state index in [-0.39, 0.29) is 60.7 Å². The number of hydrogen-bond acceptors (Lipinski definition) is 18. The molecule has 4 aliphatic carbocycles. The predicted octanol–water partition coefficient (Wildman–Crippen LogP) is 3.25. The summed E-state index contributed by atoms with van der Waals surface area (Å²) in [5.74, 6) is -2.19. The number of imide groups is 1. The number of nitrogens with two attached hydrogens (primary N) is 1. The first-order valence-corrected chi connectivity index (χ1v) is 25.5. The van der Waals surface area contributed by atoms with Crippen molar-refractivity contribution in [2.24, 2.45) is 34.3 Å². The Labute approximate surface area is 461 Å². The van der Waals surface area contributed by atoms with Crippen molar-refractivity contribution in [2.45, 2.75) is 120 Å². The molecule has 426 valence electrons. The second-order valence-corrected chi connectivity index (χ2v) is 20.4. The highest BCUT2D eigenvalue weighted by Gasteiger charge is 2.68. The van der Waals surface area contributed by atoms with Crippen molar-refractivity contribution in [3.63, 3.8) is 0 Å². The molecule has 0 bridgehead atoms. The molecule has 1 unspecified atom stereocenters. The van der Waals surface area contributed by atoms with Crippen molar-refractivity contribution in [3.05, 3.63) is 81.7 Å². The Morgan fingerprint density at radius 3 is 2.26 bits per heavy atom. The fourth-order valence-corrected chi connectivity index (χ4v) is 10.8. The van der Waals surface area contributed by atoms with Crippen molar-refractivity contribution >= 4 is 89.8 Å². The van der Waals surface area contributed by atoms with Gasteiger partial charge in [0.1, 0.15) is 18.3 Å². The van der Waals surface area contributed by atoms with E-state index in [1.807, 2.05) is 17.6 Å². The van der Waals surface area contributed by atoms with Crippen LogP contribution in [0.25, 0.3) is 0 Å². The molecule has 2 aromatic rings. The molecule has 1 saturated heterocycles. The lowest BCUT2D eigenvalue weighted by Gasteiger charge is -2.60. The summed E-state index contributed by atoms with van der Waals surface area (Å²) in [4.78, 5) is 102. The van der Waals surface area contributed by atoms with Gasteiger partial charge in [-0.05, 0) is 104 Å². The normalized spacial score (nSPS) is 26.3. The molecule has 5 aliphatic rings. The molecule has 10 N–H and O–H groups in total. The molecule has 0 radical (unpaired) electrons. The molecule has 77 heavy (non-hydrogen) atoms. The number of carbonyl (C=O) groups excluding carboxylic acids is 8. The Kier molecular flexibility index (Phi) is 25.3. The number of carbonyl (C=O) groups is 8. The number of nitro groups is 1. The van der Waals surface area contributed by atoms with Gasteiger partial charge in [-0.15, -0.1) is 0 Å². The van der Waals surface area contributed by atoms with Gasteiger partial charge in [0.25, 0.3) is 17.5 Å². The lowest BCUT2D eigenvalue weighted by Crippen LogP contribution is -2.62. The highest BCUT2D eigenvalue weighted by Crippen LogP contribution is 2.67. The number of rotatable bonds is 17. The Balaban J connectivity index is 0.000000286. The standard InChI is InChI=1S/C23H32O6.C12H17NO3.C11H12Cl2N2O5.C4H6N4O3.H2S/c1-13(24)29-12-19(27)23(28)9-7-17-16-5-4-14-10-15(25)6-8-21(14,2)20(16)18(26)11-22(17,23)3;1-2-3-7-15-8-9-16-12(14)11-5-4-6-13-10-11;12-10(13)11(18)14-8(5-16)9(17)6-1-3-7(4-2-6)15(19)20;5-3(10)6-1-2(9)8-4(11)7-1;/h10,16-18,20,26,28H,4-9,11-12H2,1-3H3;4-6,10H,2-3,7-9H2,1H3;1-4,8-10,16-17H,5H2,(H,14,18);1H,(H3,5,6,10)(H2,7,8,9,11);1H2/t16-,17-,18-,20+,21-,22-,23-;;8-,9-;;/m0.1../s1. The van der Waals surface area contributed by atoms with Crippen molar-refractivity contribution < 1.29 is 77.9 Å². The molecule has 24 nitrogen and oxygen atoms in total. The monoisotopic (exact) mass is 1140 g/mol. The van der Waals surface area contributed by atoms with E-state index in [9.17, 15) is 63.8 Å². The highest BCUT2D eigenvalue weighted by molar-refractivity contribution is 7.59. The number of ether oxygens (including phenoxy) is 3. The van der Waals surface area contributed by atoms with Crippen LogP contribution in [0.5, 0.6) is 0 Å². The van der Waals surface area contributed by atoms with E-state index in [2.05, 4.69) is 29.5 Å². The van der Waals surface area contributed by atoms with Gasteiger partial charge in [-0.3, -0.25) is 44.4 Å². The molecule has 2 heterocycles. The number of aliphatic hydroxyl groups excluding tert-OH is 3. The molecule has 1 aliphatic heterocycles. The second-order valence-electron chi connectivity index (χ2n) is 19.3. The number of allylic oxidation sites excluding steroid dienone is 1. The average Bonchev–Trinajstić information content (AvgIpc) is 3.84. The number of esters is 2. The number of aromatic nitrogens is 1. The van der Waals surface area contributed by atoms with Crippen LogP contribution in [0.4, 0.5) is 15.3 Å². The number of nitro benzene ring substituents is 1. The molecular weight excluding hydrogens is 1070 g/mol. The summed E-state index contributed by atoms with van der Waals surface area (Å²) in [6.45, 7) is 7.94. The SMILES string of the molecule is CC(=O)OCC(=O)[C@@]1(O)CC[C@H]2[C@@H]3CCC4=CC(=O)CC[C@]4(C)[C@H]3[C@@H](O)C[C@@]21C.CCCCOCCOC(=O)c1cccnc1.NC(=O)NC1NC(=O)NC1=O.O=C(N[C@H](CO)[C@H](O)c1ccc([N+](=O)[O-])cc1)C(Cl)Cl.S. The maximum absolute atomic E-state index is 12.9. The van der Waals surface area contributed by atoms with E-state index in [0.717, 1.165) is 50.7 Å². The number of fused-ring (bicyclic) bond motifs is 5. The summed E-state index contributed by atoms with van der Waals surface area (Å²) in [5, 5.41) is 60.8. The summed E-state index contributed by atoms with van der Waals surface area (Å²) in [5.41, 5.74) is 3.98. The third kappa shape index (κ3) is 17.1. The summed E-state index contributed by atoms with van der Waals surface area (Å²) in [7, 11) is 0. The lowest BCUT2D eigenvalue weighted by atomic mass is 9.45. The van der Waals surface area contributed by atoms with Crippen LogP contribution in [0, 0.1) is 38.7 Å². The first-order valence-electron chi connectivity index (χ1n) is 24.6. The smallest absolute Gasteiger partial charge is 0.339 e. The number of nitrogens with one attached hydrogen (secondary N) is 4. The van der Waals surface area contributed by atoms with Gasteiger partial charge in [-0.1, -0.05) is 56.0 Å². The minimum absolute atomic E-state index is 0. The van der Waals surface area contributed by atoms with Crippen molar-refractivity contribution in [2.75, 3.05) is 33.0 Å². The predicted molar refractivity (Wildman–Crippen MR) is 281 cm³/mol. The molecule has 27 heteroatoms. The van der Waals surface area contributed by atoms with Gasteiger partial charge < -0.3 is 56.3 Å². The Morgan fingerprint density at radius 2 is 1.70 bits per heavy atom. The second kappa shape index (κ2) is 29.8. The molecule has 1 aromatic heterocycles. The van der Waals surface area contributed by atoms with Crippen LogP contribution < -0.4 is 27.0 Å². The lowest BCUT2D eigenvalue weighted by molar-refractivity contribution is -0.384. The van der Waals surface area contributed by atoms with Gasteiger partial charge in [0, 0.05) is 49.9 Å². The first-order chi connectivity index (χ1) is 35.8. The number of ketones is 2. The largest absolute Gasteiger partial charge is 0.460 e. The van der Waals surface area contributed by atoms with Gasteiger partial charge >= 0.3 is 24.0 Å². The number of pyridine rings is 1. The van der Waals surface area contributed by atoms with E-state index >= 15 is 0 Å². The number of amides is 6. The number of urea groups is 2. The number of Topliss-reactive ketones (excluding diaryl/α,β-unsaturated/α-hetero) is 1. The molecule has 6 amide bonds. The minimum atomic E-state index is -1.58. The van der Waals surface area contributed by atoms with E-state index in [4.69, 9.17) is 48.3 Å². The van der Waals surface area contributed by atoms with Gasteiger partial charge in [-0.2, -0.15) is 13.5 Å². The molecule has 3 saturated carbocycles. The number of primary amides is 1. The number of aliphatic hydroxyl groups is 4. The van der Waals surface area contributed by atoms with E-state index in [1.165, 1.54) is 37.4 Å².